The number of fused-ring (bicyclic) bond motifs is 1. The molecule has 2 heterocycles. The Morgan fingerprint density at radius 1 is 1.52 bits per heavy atom. The average Bonchev–Trinajstić information content (AvgIpc) is 2.43. The van der Waals surface area contributed by atoms with Gasteiger partial charge in [-0.2, -0.15) is 5.10 Å². The quantitative estimate of drug-likeness (QED) is 0.870. The Bertz CT molecular complexity index is 568. The molecule has 0 radical (unpaired) electrons. The van der Waals surface area contributed by atoms with E-state index in [0.29, 0.717) is 32.7 Å². The second-order valence-electron chi connectivity index (χ2n) is 5.45. The molecule has 0 bridgehead atoms. The van der Waals surface area contributed by atoms with Gasteiger partial charge < -0.3 is 15.0 Å². The van der Waals surface area contributed by atoms with Gasteiger partial charge in [-0.1, -0.05) is 0 Å². The first kappa shape index (κ1) is 15.5. The molecule has 2 rings (SSSR count). The van der Waals surface area contributed by atoms with Crippen molar-refractivity contribution in [3.63, 3.8) is 0 Å². The molecule has 1 aromatic heterocycles. The summed E-state index contributed by atoms with van der Waals surface area (Å²) in [5.74, 6) is 0. The number of hydrogen-bond donors (Lipinski definition) is 1. The van der Waals surface area contributed by atoms with Gasteiger partial charge in [0.2, 0.25) is 0 Å². The lowest BCUT2D eigenvalue weighted by atomic mass is 10.1. The van der Waals surface area contributed by atoms with E-state index in [2.05, 4.69) is 10.4 Å². The standard InChI is InChI=1S/C14H22N4O3/c1-10(2)15-14(20)17-5-4-12-11(9-17)8-13(19)18(16-12)6-7-21-3/h8,10H,4-7,9H2,1-3H3,(H,15,20). The van der Waals surface area contributed by atoms with Gasteiger partial charge in [0.15, 0.2) is 0 Å². The molecule has 21 heavy (non-hydrogen) atoms. The molecule has 0 aliphatic carbocycles. The lowest BCUT2D eigenvalue weighted by Gasteiger charge is -2.29. The second-order valence-corrected chi connectivity index (χ2v) is 5.45. The SMILES string of the molecule is COCCn1nc2c(cc1=O)CN(C(=O)NC(C)C)CC2. The summed E-state index contributed by atoms with van der Waals surface area (Å²) >= 11 is 0. The van der Waals surface area contributed by atoms with Crippen LogP contribution in [0.1, 0.15) is 25.1 Å². The zero-order valence-electron chi connectivity index (χ0n) is 12.8. The molecule has 1 N–H and O–H groups in total. The second kappa shape index (κ2) is 6.71. The summed E-state index contributed by atoms with van der Waals surface area (Å²) in [7, 11) is 1.59. The van der Waals surface area contributed by atoms with E-state index < -0.39 is 0 Å². The number of carbonyl (C=O) groups is 1. The van der Waals surface area contributed by atoms with Crippen LogP contribution in [0.4, 0.5) is 4.79 Å². The molecule has 1 aromatic rings. The van der Waals surface area contributed by atoms with E-state index in [1.807, 2.05) is 13.8 Å². The monoisotopic (exact) mass is 294 g/mol. The van der Waals surface area contributed by atoms with Crippen LogP contribution < -0.4 is 10.9 Å². The molecule has 0 atom stereocenters. The number of rotatable bonds is 4. The third kappa shape index (κ3) is 3.81. The van der Waals surface area contributed by atoms with Crippen LogP contribution in [-0.4, -0.2) is 47.0 Å². The van der Waals surface area contributed by atoms with Crippen LogP contribution in [0.15, 0.2) is 10.9 Å². The molecule has 0 spiro atoms. The summed E-state index contributed by atoms with van der Waals surface area (Å²) in [6.45, 7) is 5.79. The maximum Gasteiger partial charge on any atom is 0.317 e. The number of ether oxygens (including phenoxy) is 1. The molecule has 0 saturated carbocycles. The van der Waals surface area contributed by atoms with Crippen molar-refractivity contribution < 1.29 is 9.53 Å². The number of urea groups is 1. The van der Waals surface area contributed by atoms with Gasteiger partial charge in [0.25, 0.3) is 5.56 Å². The van der Waals surface area contributed by atoms with Crippen molar-refractivity contribution in [2.24, 2.45) is 0 Å². The van der Waals surface area contributed by atoms with Crippen molar-refractivity contribution >= 4 is 6.03 Å². The largest absolute Gasteiger partial charge is 0.383 e. The van der Waals surface area contributed by atoms with Crippen LogP contribution in [0.2, 0.25) is 0 Å². The van der Waals surface area contributed by atoms with Crippen molar-refractivity contribution in [2.45, 2.75) is 39.4 Å². The number of carbonyl (C=O) groups excluding carboxylic acids is 1. The fourth-order valence-electron chi connectivity index (χ4n) is 2.29. The predicted molar refractivity (Wildman–Crippen MR) is 78.2 cm³/mol. The summed E-state index contributed by atoms with van der Waals surface area (Å²) in [6.07, 6.45) is 0.661. The van der Waals surface area contributed by atoms with Crippen molar-refractivity contribution in [1.29, 1.82) is 0 Å². The zero-order valence-corrected chi connectivity index (χ0v) is 12.8. The lowest BCUT2D eigenvalue weighted by Crippen LogP contribution is -2.46. The summed E-state index contributed by atoms with van der Waals surface area (Å²) < 4.78 is 6.39. The molecule has 7 nitrogen and oxygen atoms in total. The number of methoxy groups -OCH3 is 1. The Morgan fingerprint density at radius 2 is 2.29 bits per heavy atom. The molecular formula is C14H22N4O3. The minimum atomic E-state index is -0.156. The maximum absolute atomic E-state index is 12.0. The highest BCUT2D eigenvalue weighted by molar-refractivity contribution is 5.74. The molecule has 1 aliphatic rings. The number of hydrogen-bond acceptors (Lipinski definition) is 4. The van der Waals surface area contributed by atoms with Gasteiger partial charge in [-0.25, -0.2) is 9.48 Å². The molecule has 7 heteroatoms. The molecule has 0 saturated heterocycles. The fourth-order valence-corrected chi connectivity index (χ4v) is 2.29. The Balaban J connectivity index is 2.13. The first-order valence-corrected chi connectivity index (χ1v) is 7.15. The van der Waals surface area contributed by atoms with Gasteiger partial charge in [-0.3, -0.25) is 4.79 Å². The molecule has 0 aromatic carbocycles. The smallest absolute Gasteiger partial charge is 0.317 e. The van der Waals surface area contributed by atoms with Gasteiger partial charge in [-0.05, 0) is 13.8 Å². The minimum absolute atomic E-state index is 0.0964. The molecule has 1 aliphatic heterocycles. The highest BCUT2D eigenvalue weighted by atomic mass is 16.5. The van der Waals surface area contributed by atoms with Gasteiger partial charge in [0, 0.05) is 44.3 Å². The van der Waals surface area contributed by atoms with Crippen LogP contribution in [-0.2, 0) is 24.2 Å². The number of nitrogens with zero attached hydrogens (tertiary/aromatic N) is 3. The molecule has 0 unspecified atom stereocenters. The molecule has 0 fully saturated rings. The Hall–Kier alpha value is -1.89. The van der Waals surface area contributed by atoms with Crippen LogP contribution >= 0.6 is 0 Å². The number of aromatic nitrogens is 2. The van der Waals surface area contributed by atoms with E-state index >= 15 is 0 Å². The van der Waals surface area contributed by atoms with Gasteiger partial charge >= 0.3 is 6.03 Å². The third-order valence-electron chi connectivity index (χ3n) is 3.35. The molecule has 2 amide bonds. The van der Waals surface area contributed by atoms with Crippen molar-refractivity contribution in [2.75, 3.05) is 20.3 Å². The fraction of sp³-hybridized carbons (Fsp3) is 0.643. The van der Waals surface area contributed by atoms with Crippen LogP contribution in [0, 0.1) is 0 Å². The average molecular weight is 294 g/mol. The number of nitrogens with one attached hydrogen (secondary N) is 1. The normalized spacial score (nSPS) is 14.2. The van der Waals surface area contributed by atoms with Crippen LogP contribution in [0.25, 0.3) is 0 Å². The van der Waals surface area contributed by atoms with Crippen molar-refractivity contribution in [3.05, 3.63) is 27.7 Å². The predicted octanol–water partition coefficient (Wildman–Crippen LogP) is 0.366. The molecular weight excluding hydrogens is 272 g/mol. The van der Waals surface area contributed by atoms with Gasteiger partial charge in [-0.15, -0.1) is 0 Å². The van der Waals surface area contributed by atoms with E-state index in [4.69, 9.17) is 4.74 Å². The van der Waals surface area contributed by atoms with Crippen LogP contribution in [0.3, 0.4) is 0 Å². The van der Waals surface area contributed by atoms with Crippen LogP contribution in [0.5, 0.6) is 0 Å². The Kier molecular flexibility index (Phi) is 4.95. The zero-order chi connectivity index (χ0) is 15.4. The topological polar surface area (TPSA) is 76.5 Å². The van der Waals surface area contributed by atoms with E-state index in [-0.39, 0.29) is 17.6 Å². The summed E-state index contributed by atoms with van der Waals surface area (Å²) in [5, 5.41) is 7.23. The van der Waals surface area contributed by atoms with E-state index in [0.717, 1.165) is 11.3 Å². The lowest BCUT2D eigenvalue weighted by molar-refractivity contribution is 0.179. The van der Waals surface area contributed by atoms with Crippen molar-refractivity contribution in [3.8, 4) is 0 Å². The highest BCUT2D eigenvalue weighted by Gasteiger charge is 2.23. The van der Waals surface area contributed by atoms with E-state index in [1.54, 1.807) is 18.1 Å². The summed E-state index contributed by atoms with van der Waals surface area (Å²) in [6, 6.07) is 1.57. The minimum Gasteiger partial charge on any atom is -0.383 e. The van der Waals surface area contributed by atoms with Crippen molar-refractivity contribution in [1.82, 2.24) is 20.0 Å². The Labute approximate surface area is 123 Å². The summed E-state index contributed by atoms with van der Waals surface area (Å²) in [5.41, 5.74) is 1.56. The Morgan fingerprint density at radius 3 is 2.95 bits per heavy atom. The first-order chi connectivity index (χ1) is 10.0. The highest BCUT2D eigenvalue weighted by Crippen LogP contribution is 2.15. The van der Waals surface area contributed by atoms with Gasteiger partial charge in [0.05, 0.1) is 18.8 Å². The molecule has 116 valence electrons. The third-order valence-corrected chi connectivity index (χ3v) is 3.35. The first-order valence-electron chi connectivity index (χ1n) is 7.15. The maximum atomic E-state index is 12.0. The van der Waals surface area contributed by atoms with E-state index in [1.165, 1.54) is 4.68 Å². The summed E-state index contributed by atoms with van der Waals surface area (Å²) in [4.78, 5) is 25.7. The number of amides is 2. The van der Waals surface area contributed by atoms with Gasteiger partial charge in [0.1, 0.15) is 0 Å². The van der Waals surface area contributed by atoms with E-state index in [9.17, 15) is 9.59 Å².